The molecular weight excluding hydrogens is 492 g/mol. The topological polar surface area (TPSA) is 75.7 Å². The predicted octanol–water partition coefficient (Wildman–Crippen LogP) is 6.26. The lowest BCUT2D eigenvalue weighted by Crippen LogP contribution is -2.26. The number of rotatable bonds is 6. The molecule has 0 aliphatic heterocycles. The lowest BCUT2D eigenvalue weighted by molar-refractivity contribution is 0.103. The van der Waals surface area contributed by atoms with E-state index in [9.17, 15) is 13.2 Å². The minimum absolute atomic E-state index is 0.0554. The second-order valence-corrected chi connectivity index (χ2v) is 11.3. The summed E-state index contributed by atoms with van der Waals surface area (Å²) in [6.45, 7) is 3.92. The smallest absolute Gasteiger partial charge is 0.265 e. The number of aryl methyl sites for hydroxylation is 2. The van der Waals surface area contributed by atoms with Crippen molar-refractivity contribution in [2.24, 2.45) is 0 Å². The quantitative estimate of drug-likeness (QED) is 0.329. The Morgan fingerprint density at radius 3 is 2.50 bits per heavy atom. The summed E-state index contributed by atoms with van der Waals surface area (Å²) >= 11 is 7.48. The summed E-state index contributed by atoms with van der Waals surface area (Å²) in [5, 5.41) is 3.96. The van der Waals surface area contributed by atoms with Gasteiger partial charge < -0.3 is 10.1 Å². The summed E-state index contributed by atoms with van der Waals surface area (Å²) in [6, 6.07) is 17.3. The highest BCUT2D eigenvalue weighted by molar-refractivity contribution is 7.92. The molecule has 0 radical (unpaired) electrons. The highest BCUT2D eigenvalue weighted by Crippen LogP contribution is 2.33. The van der Waals surface area contributed by atoms with E-state index in [0.29, 0.717) is 16.3 Å². The van der Waals surface area contributed by atoms with E-state index in [-0.39, 0.29) is 15.8 Å². The minimum atomic E-state index is -3.85. The number of carbonyl (C=O) groups excluding carboxylic acids is 1. The first kappa shape index (κ1) is 24.1. The van der Waals surface area contributed by atoms with Crippen LogP contribution in [-0.4, -0.2) is 28.5 Å². The van der Waals surface area contributed by atoms with Crippen LogP contribution in [0.4, 0.5) is 11.4 Å². The van der Waals surface area contributed by atoms with Crippen LogP contribution >= 0.6 is 22.9 Å². The zero-order valence-electron chi connectivity index (χ0n) is 19.0. The largest absolute Gasteiger partial charge is 0.495 e. The highest BCUT2D eigenvalue weighted by Gasteiger charge is 2.23. The van der Waals surface area contributed by atoms with Crippen molar-refractivity contribution >= 4 is 60.3 Å². The molecule has 3 aromatic carbocycles. The fourth-order valence-electron chi connectivity index (χ4n) is 3.50. The highest BCUT2D eigenvalue weighted by atomic mass is 35.5. The van der Waals surface area contributed by atoms with Crippen molar-refractivity contribution in [2.75, 3.05) is 23.8 Å². The van der Waals surface area contributed by atoms with Crippen LogP contribution in [0.2, 0.25) is 5.02 Å². The molecule has 0 atom stereocenters. The van der Waals surface area contributed by atoms with Gasteiger partial charge in [-0.25, -0.2) is 8.42 Å². The van der Waals surface area contributed by atoms with E-state index in [0.717, 1.165) is 26.9 Å². The Labute approximate surface area is 207 Å². The van der Waals surface area contributed by atoms with Crippen LogP contribution in [-0.2, 0) is 10.0 Å². The number of halogens is 1. The number of hydrogen-bond acceptors (Lipinski definition) is 5. The number of hydrogen-bond donors (Lipinski definition) is 1. The van der Waals surface area contributed by atoms with Gasteiger partial charge >= 0.3 is 0 Å². The Kier molecular flexibility index (Phi) is 6.58. The van der Waals surface area contributed by atoms with E-state index in [1.807, 2.05) is 38.1 Å². The van der Waals surface area contributed by atoms with E-state index in [1.54, 1.807) is 18.2 Å². The number of methoxy groups -OCH3 is 1. The molecule has 0 bridgehead atoms. The van der Waals surface area contributed by atoms with Gasteiger partial charge in [-0.1, -0.05) is 23.7 Å². The third kappa shape index (κ3) is 4.61. The maximum Gasteiger partial charge on any atom is 0.265 e. The van der Waals surface area contributed by atoms with E-state index < -0.39 is 10.0 Å². The van der Waals surface area contributed by atoms with E-state index in [4.69, 9.17) is 16.3 Å². The van der Waals surface area contributed by atoms with Crippen LogP contribution in [0.5, 0.6) is 5.75 Å². The summed E-state index contributed by atoms with van der Waals surface area (Å²) in [6.07, 6.45) is 0. The maximum atomic E-state index is 13.2. The van der Waals surface area contributed by atoms with Gasteiger partial charge in [-0.15, -0.1) is 11.3 Å². The number of fused-ring (bicyclic) bond motifs is 1. The molecule has 1 heterocycles. The van der Waals surface area contributed by atoms with E-state index in [2.05, 4.69) is 5.32 Å². The van der Waals surface area contributed by atoms with Gasteiger partial charge in [0.2, 0.25) is 0 Å². The van der Waals surface area contributed by atoms with Crippen molar-refractivity contribution in [1.29, 1.82) is 0 Å². The molecule has 0 unspecified atom stereocenters. The Morgan fingerprint density at radius 1 is 1.03 bits per heavy atom. The molecule has 1 amide bonds. The molecule has 0 aliphatic rings. The molecular formula is C25H23ClN2O4S2. The first-order chi connectivity index (χ1) is 16.1. The fraction of sp³-hybridized carbons (Fsp3) is 0.160. The van der Waals surface area contributed by atoms with Gasteiger partial charge in [-0.2, -0.15) is 0 Å². The SMILES string of the molecule is COc1ccc(S(=O)(=O)N(C)c2ccc3sc(C(=O)Nc4cc(C)ccc4C)cc3c2)cc1Cl. The van der Waals surface area contributed by atoms with Crippen LogP contribution in [0.15, 0.2) is 65.6 Å². The first-order valence-electron chi connectivity index (χ1n) is 10.3. The normalized spacial score (nSPS) is 11.4. The van der Waals surface area contributed by atoms with Crippen molar-refractivity contribution < 1.29 is 17.9 Å². The monoisotopic (exact) mass is 514 g/mol. The van der Waals surface area contributed by atoms with Crippen LogP contribution in [0, 0.1) is 13.8 Å². The van der Waals surface area contributed by atoms with Gasteiger partial charge in [-0.05, 0) is 78.9 Å². The van der Waals surface area contributed by atoms with Gasteiger partial charge in [0.05, 0.1) is 27.6 Å². The zero-order chi connectivity index (χ0) is 24.6. The molecule has 1 aromatic heterocycles. The molecule has 0 saturated heterocycles. The van der Waals surface area contributed by atoms with Crippen molar-refractivity contribution in [1.82, 2.24) is 0 Å². The van der Waals surface area contributed by atoms with Gasteiger partial charge in [0, 0.05) is 17.4 Å². The molecule has 1 N–H and O–H groups in total. The lowest BCUT2D eigenvalue weighted by atomic mass is 10.1. The van der Waals surface area contributed by atoms with Gasteiger partial charge in [-0.3, -0.25) is 9.10 Å². The van der Waals surface area contributed by atoms with Gasteiger partial charge in [0.25, 0.3) is 15.9 Å². The minimum Gasteiger partial charge on any atom is -0.495 e. The average molecular weight is 515 g/mol. The molecule has 0 saturated carbocycles. The van der Waals surface area contributed by atoms with Gasteiger partial charge in [0.1, 0.15) is 5.75 Å². The Balaban J connectivity index is 1.62. The first-order valence-corrected chi connectivity index (χ1v) is 13.0. The molecule has 4 rings (SSSR count). The third-order valence-corrected chi connectivity index (χ3v) is 8.70. The predicted molar refractivity (Wildman–Crippen MR) is 139 cm³/mol. The van der Waals surface area contributed by atoms with Crippen molar-refractivity contribution in [3.63, 3.8) is 0 Å². The number of carbonyl (C=O) groups is 1. The number of thiophene rings is 1. The second kappa shape index (κ2) is 9.29. The number of anilines is 2. The van der Waals surface area contributed by atoms with E-state index >= 15 is 0 Å². The van der Waals surface area contributed by atoms with Crippen LogP contribution in [0.3, 0.4) is 0 Å². The summed E-state index contributed by atoms with van der Waals surface area (Å²) < 4.78 is 33.5. The number of ether oxygens (including phenoxy) is 1. The lowest BCUT2D eigenvalue weighted by Gasteiger charge is -2.20. The molecule has 176 valence electrons. The molecule has 9 heteroatoms. The number of nitrogens with zero attached hydrogens (tertiary/aromatic N) is 1. The average Bonchev–Trinajstić information content (AvgIpc) is 3.24. The van der Waals surface area contributed by atoms with Crippen molar-refractivity contribution in [3.8, 4) is 5.75 Å². The standard InChI is InChI=1S/C25H23ClN2O4S2/c1-15-5-6-16(2)21(11-15)27-25(29)24-13-17-12-18(7-10-23(17)33-24)28(3)34(30,31)19-8-9-22(32-4)20(26)14-19/h5-14H,1-4H3,(H,27,29). The number of benzene rings is 3. The molecule has 6 nitrogen and oxygen atoms in total. The van der Waals surface area contributed by atoms with Crippen LogP contribution in [0.1, 0.15) is 20.8 Å². The molecule has 0 fully saturated rings. The Hall–Kier alpha value is -3.07. The fourth-order valence-corrected chi connectivity index (χ4v) is 5.97. The Morgan fingerprint density at radius 2 is 1.79 bits per heavy atom. The number of amides is 1. The molecule has 0 aliphatic carbocycles. The summed E-state index contributed by atoms with van der Waals surface area (Å²) in [4.78, 5) is 13.5. The van der Waals surface area contributed by atoms with Crippen LogP contribution < -0.4 is 14.4 Å². The number of nitrogens with one attached hydrogen (secondary N) is 1. The zero-order valence-corrected chi connectivity index (χ0v) is 21.4. The van der Waals surface area contributed by atoms with Crippen molar-refractivity contribution in [3.05, 3.63) is 81.7 Å². The molecule has 4 aromatic rings. The third-order valence-electron chi connectivity index (χ3n) is 5.51. The maximum absolute atomic E-state index is 13.2. The van der Waals surface area contributed by atoms with Crippen molar-refractivity contribution in [2.45, 2.75) is 18.7 Å². The number of sulfonamides is 1. The molecule has 34 heavy (non-hydrogen) atoms. The second-order valence-electron chi connectivity index (χ2n) is 7.87. The molecule has 0 spiro atoms. The Bertz CT molecular complexity index is 1510. The summed E-state index contributed by atoms with van der Waals surface area (Å²) in [7, 11) is -0.902. The summed E-state index contributed by atoms with van der Waals surface area (Å²) in [5.41, 5.74) is 3.28. The van der Waals surface area contributed by atoms with Gasteiger partial charge in [0.15, 0.2) is 0 Å². The summed E-state index contributed by atoms with van der Waals surface area (Å²) in [5.74, 6) is 0.194. The van der Waals surface area contributed by atoms with E-state index in [1.165, 1.54) is 48.0 Å². The van der Waals surface area contributed by atoms with Crippen LogP contribution in [0.25, 0.3) is 10.1 Å².